The van der Waals surface area contributed by atoms with E-state index in [2.05, 4.69) is 5.32 Å². The molecule has 0 radical (unpaired) electrons. The highest BCUT2D eigenvalue weighted by atomic mass is 19.4. The first-order valence-corrected chi connectivity index (χ1v) is 6.33. The van der Waals surface area contributed by atoms with E-state index in [4.69, 9.17) is 10.5 Å². The summed E-state index contributed by atoms with van der Waals surface area (Å²) in [6, 6.07) is 1.90. The number of hydrogen-bond acceptors (Lipinski definition) is 3. The topological polar surface area (TPSA) is 47.3 Å². The smallest absolute Gasteiger partial charge is 0.376 e. The van der Waals surface area contributed by atoms with Crippen LogP contribution < -0.4 is 11.1 Å². The molecule has 1 aromatic rings. The zero-order valence-corrected chi connectivity index (χ0v) is 10.9. The first kappa shape index (κ1) is 15.1. The Labute approximate surface area is 114 Å². The SMILES string of the molecule is CCOC1CC(N)C1Nc1ccc(C(F)(F)F)cc1F. The predicted molar refractivity (Wildman–Crippen MR) is 66.8 cm³/mol. The number of alkyl halides is 3. The van der Waals surface area contributed by atoms with Crippen molar-refractivity contribution in [3.8, 4) is 0 Å². The molecule has 0 heterocycles. The zero-order chi connectivity index (χ0) is 14.9. The van der Waals surface area contributed by atoms with Gasteiger partial charge in [-0.05, 0) is 31.5 Å². The molecule has 2 rings (SSSR count). The van der Waals surface area contributed by atoms with Gasteiger partial charge in [-0.1, -0.05) is 0 Å². The zero-order valence-electron chi connectivity index (χ0n) is 10.9. The van der Waals surface area contributed by atoms with Gasteiger partial charge in [0.05, 0.1) is 23.4 Å². The van der Waals surface area contributed by atoms with E-state index in [1.54, 1.807) is 0 Å². The molecule has 0 aromatic heterocycles. The molecule has 1 fully saturated rings. The molecular weight excluding hydrogens is 276 g/mol. The number of benzene rings is 1. The largest absolute Gasteiger partial charge is 0.416 e. The minimum atomic E-state index is -4.56. The Morgan fingerprint density at radius 2 is 2.10 bits per heavy atom. The third-order valence-electron chi connectivity index (χ3n) is 3.37. The van der Waals surface area contributed by atoms with E-state index in [1.165, 1.54) is 0 Å². The van der Waals surface area contributed by atoms with Crippen LogP contribution in [0, 0.1) is 5.82 Å². The van der Waals surface area contributed by atoms with E-state index in [0.717, 1.165) is 12.1 Å². The van der Waals surface area contributed by atoms with Crippen LogP contribution in [0.5, 0.6) is 0 Å². The van der Waals surface area contributed by atoms with Crippen LogP contribution in [0.1, 0.15) is 18.9 Å². The van der Waals surface area contributed by atoms with E-state index < -0.39 is 17.6 Å². The van der Waals surface area contributed by atoms with Crippen molar-refractivity contribution in [3.63, 3.8) is 0 Å². The number of halogens is 4. The lowest BCUT2D eigenvalue weighted by Crippen LogP contribution is -2.60. The average molecular weight is 292 g/mol. The lowest BCUT2D eigenvalue weighted by molar-refractivity contribution is -0.137. The highest BCUT2D eigenvalue weighted by Crippen LogP contribution is 2.33. The van der Waals surface area contributed by atoms with Gasteiger partial charge in [0.15, 0.2) is 0 Å². The molecule has 7 heteroatoms. The number of nitrogens with one attached hydrogen (secondary N) is 1. The van der Waals surface area contributed by atoms with Crippen molar-refractivity contribution in [1.29, 1.82) is 0 Å². The van der Waals surface area contributed by atoms with Gasteiger partial charge >= 0.3 is 6.18 Å². The number of anilines is 1. The fourth-order valence-corrected chi connectivity index (χ4v) is 2.22. The second-order valence-corrected chi connectivity index (χ2v) is 4.76. The van der Waals surface area contributed by atoms with Crippen LogP contribution in [0.15, 0.2) is 18.2 Å². The van der Waals surface area contributed by atoms with Crippen molar-refractivity contribution >= 4 is 5.69 Å². The molecule has 0 aliphatic heterocycles. The minimum Gasteiger partial charge on any atom is -0.376 e. The highest BCUT2D eigenvalue weighted by Gasteiger charge is 2.40. The highest BCUT2D eigenvalue weighted by molar-refractivity contribution is 5.49. The van der Waals surface area contributed by atoms with Gasteiger partial charge in [-0.3, -0.25) is 0 Å². The molecular formula is C13H16F4N2O. The standard InChI is InChI=1S/C13H16F4N2O/c1-2-20-11-6-9(18)12(11)19-10-4-3-7(5-8(10)14)13(15,16)17/h3-5,9,11-12,19H,2,6,18H2,1H3. The normalized spacial score (nSPS) is 26.2. The maximum Gasteiger partial charge on any atom is 0.416 e. The fraction of sp³-hybridized carbons (Fsp3) is 0.538. The summed E-state index contributed by atoms with van der Waals surface area (Å²) >= 11 is 0. The van der Waals surface area contributed by atoms with E-state index >= 15 is 0 Å². The molecule has 3 N–H and O–H groups in total. The van der Waals surface area contributed by atoms with Gasteiger partial charge in [0.2, 0.25) is 0 Å². The number of nitrogens with two attached hydrogens (primary N) is 1. The first-order chi connectivity index (χ1) is 9.32. The molecule has 1 saturated carbocycles. The summed E-state index contributed by atoms with van der Waals surface area (Å²) < 4.78 is 56.4. The summed E-state index contributed by atoms with van der Waals surface area (Å²) in [7, 11) is 0. The maximum absolute atomic E-state index is 13.7. The fourth-order valence-electron chi connectivity index (χ4n) is 2.22. The summed E-state index contributed by atoms with van der Waals surface area (Å²) in [5.41, 5.74) is 4.78. The maximum atomic E-state index is 13.7. The Morgan fingerprint density at radius 3 is 2.60 bits per heavy atom. The molecule has 112 valence electrons. The van der Waals surface area contributed by atoms with Gasteiger partial charge in [0.1, 0.15) is 5.82 Å². The van der Waals surface area contributed by atoms with E-state index in [1.807, 2.05) is 6.92 Å². The summed E-state index contributed by atoms with van der Waals surface area (Å²) in [5, 5.41) is 2.82. The molecule has 0 amide bonds. The van der Waals surface area contributed by atoms with Crippen LogP contribution in [0.3, 0.4) is 0 Å². The van der Waals surface area contributed by atoms with Crippen molar-refractivity contribution in [2.45, 2.75) is 37.7 Å². The summed E-state index contributed by atoms with van der Waals surface area (Å²) in [6.07, 6.45) is -4.05. The van der Waals surface area contributed by atoms with Crippen LogP contribution in [-0.4, -0.2) is 24.8 Å². The van der Waals surface area contributed by atoms with Gasteiger partial charge in [-0.15, -0.1) is 0 Å². The molecule has 20 heavy (non-hydrogen) atoms. The Bertz CT molecular complexity index is 476. The Kier molecular flexibility index (Phi) is 4.19. The lowest BCUT2D eigenvalue weighted by atomic mass is 9.83. The van der Waals surface area contributed by atoms with E-state index in [9.17, 15) is 17.6 Å². The van der Waals surface area contributed by atoms with Crippen LogP contribution in [-0.2, 0) is 10.9 Å². The molecule has 1 aromatic carbocycles. The number of hydrogen-bond donors (Lipinski definition) is 2. The second-order valence-electron chi connectivity index (χ2n) is 4.76. The summed E-state index contributed by atoms with van der Waals surface area (Å²) in [6.45, 7) is 2.34. The minimum absolute atomic E-state index is 0.00264. The van der Waals surface area contributed by atoms with Crippen molar-refractivity contribution < 1.29 is 22.3 Å². The molecule has 3 nitrogen and oxygen atoms in total. The lowest BCUT2D eigenvalue weighted by Gasteiger charge is -2.43. The van der Waals surface area contributed by atoms with Gasteiger partial charge in [0, 0.05) is 12.6 Å². The molecule has 3 atom stereocenters. The molecule has 1 aliphatic carbocycles. The molecule has 0 spiro atoms. The van der Waals surface area contributed by atoms with Crippen LogP contribution in [0.4, 0.5) is 23.2 Å². The van der Waals surface area contributed by atoms with Crippen molar-refractivity contribution in [2.75, 3.05) is 11.9 Å². The summed E-state index contributed by atoms with van der Waals surface area (Å²) in [5.74, 6) is -0.950. The number of ether oxygens (including phenoxy) is 1. The number of rotatable bonds is 4. The molecule has 0 bridgehead atoms. The van der Waals surface area contributed by atoms with Crippen LogP contribution in [0.25, 0.3) is 0 Å². The first-order valence-electron chi connectivity index (χ1n) is 6.33. The molecule has 0 saturated heterocycles. The third-order valence-corrected chi connectivity index (χ3v) is 3.37. The Hall–Kier alpha value is -1.34. The van der Waals surface area contributed by atoms with Gasteiger partial charge in [-0.25, -0.2) is 4.39 Å². The predicted octanol–water partition coefficient (Wildman–Crippen LogP) is 2.76. The average Bonchev–Trinajstić information content (AvgIpc) is 2.35. The monoisotopic (exact) mass is 292 g/mol. The second kappa shape index (κ2) is 5.57. The van der Waals surface area contributed by atoms with E-state index in [0.29, 0.717) is 19.1 Å². The Balaban J connectivity index is 2.10. The van der Waals surface area contributed by atoms with Crippen LogP contribution in [0.2, 0.25) is 0 Å². The van der Waals surface area contributed by atoms with Gasteiger partial charge in [0.25, 0.3) is 0 Å². The Morgan fingerprint density at radius 1 is 1.40 bits per heavy atom. The van der Waals surface area contributed by atoms with Crippen LogP contribution >= 0.6 is 0 Å². The summed E-state index contributed by atoms with van der Waals surface area (Å²) in [4.78, 5) is 0. The molecule has 1 aliphatic rings. The van der Waals surface area contributed by atoms with Crippen molar-refractivity contribution in [1.82, 2.24) is 0 Å². The van der Waals surface area contributed by atoms with Gasteiger partial charge < -0.3 is 15.8 Å². The van der Waals surface area contributed by atoms with E-state index in [-0.39, 0.29) is 23.9 Å². The van der Waals surface area contributed by atoms with Crippen molar-refractivity contribution in [3.05, 3.63) is 29.6 Å². The third kappa shape index (κ3) is 3.04. The van der Waals surface area contributed by atoms with Gasteiger partial charge in [-0.2, -0.15) is 13.2 Å². The van der Waals surface area contributed by atoms with Crippen molar-refractivity contribution in [2.24, 2.45) is 5.73 Å². The molecule has 3 unspecified atom stereocenters. The quantitative estimate of drug-likeness (QED) is 0.839.